The average Bonchev–Trinajstić information content (AvgIpc) is 2.80. The zero-order valence-corrected chi connectivity index (χ0v) is 14.6. The van der Waals surface area contributed by atoms with Crippen molar-refractivity contribution in [3.05, 3.63) is 29.3 Å². The van der Waals surface area contributed by atoms with Crippen LogP contribution in [0.2, 0.25) is 0 Å². The summed E-state index contributed by atoms with van der Waals surface area (Å²) in [4.78, 5) is 26.4. The van der Waals surface area contributed by atoms with Crippen LogP contribution in [0, 0.1) is 5.92 Å². The maximum Gasteiger partial charge on any atom is 0.416 e. The number of halogens is 3. The molecule has 0 spiro atoms. The number of rotatable bonds is 3. The smallest absolute Gasteiger partial charge is 0.339 e. The molecule has 1 N–H and O–H groups in total. The lowest BCUT2D eigenvalue weighted by molar-refractivity contribution is -0.137. The molecular weight excluding hydrogens is 345 g/mol. The fraction of sp³-hybridized carbons (Fsp3) is 0.579. The van der Waals surface area contributed by atoms with Gasteiger partial charge in [-0.15, -0.1) is 0 Å². The minimum atomic E-state index is -4.58. The normalized spacial score (nSPS) is 18.8. The van der Waals surface area contributed by atoms with Crippen LogP contribution in [-0.4, -0.2) is 29.8 Å². The number of alkyl halides is 3. The second-order valence-electron chi connectivity index (χ2n) is 7.12. The predicted molar refractivity (Wildman–Crippen MR) is 91.8 cm³/mol. The van der Waals surface area contributed by atoms with E-state index in [1.807, 2.05) is 0 Å². The van der Waals surface area contributed by atoms with Crippen molar-refractivity contribution in [2.75, 3.05) is 18.4 Å². The quantitative estimate of drug-likeness (QED) is 0.856. The van der Waals surface area contributed by atoms with Gasteiger partial charge in [-0.3, -0.25) is 9.59 Å². The molecular formula is C19H23F3N2O2. The Balaban J connectivity index is 1.86. The average molecular weight is 368 g/mol. The van der Waals surface area contributed by atoms with Gasteiger partial charge in [-0.05, 0) is 43.9 Å². The predicted octanol–water partition coefficient (Wildman–Crippen LogP) is 4.46. The van der Waals surface area contributed by atoms with Crippen LogP contribution in [0.4, 0.5) is 18.9 Å². The molecule has 2 aliphatic rings. The van der Waals surface area contributed by atoms with Gasteiger partial charge >= 0.3 is 6.18 Å². The minimum Gasteiger partial charge on any atom is -0.339 e. The number of nitrogens with zero attached hydrogens (tertiary/aromatic N) is 1. The molecule has 1 aromatic rings. The highest BCUT2D eigenvalue weighted by Crippen LogP contribution is 2.33. The van der Waals surface area contributed by atoms with E-state index in [-0.39, 0.29) is 23.1 Å². The van der Waals surface area contributed by atoms with Crippen LogP contribution in [0.15, 0.2) is 18.2 Å². The van der Waals surface area contributed by atoms with Gasteiger partial charge in [-0.25, -0.2) is 0 Å². The molecule has 1 aliphatic heterocycles. The Hall–Kier alpha value is -2.05. The third kappa shape index (κ3) is 4.37. The molecule has 0 aromatic heterocycles. The molecule has 1 saturated heterocycles. The van der Waals surface area contributed by atoms with Crippen molar-refractivity contribution in [2.24, 2.45) is 5.92 Å². The standard InChI is InChI=1S/C19H23F3N2O2/c20-19(21,22)15-10-14(18(26)24-8-3-1-2-4-9-24)11-16(12-15)23-17(25)13-6-5-7-13/h10-13H,1-9H2,(H,23,25). The molecule has 7 heteroatoms. The van der Waals surface area contributed by atoms with Crippen molar-refractivity contribution in [2.45, 2.75) is 51.1 Å². The number of hydrogen-bond donors (Lipinski definition) is 1. The number of likely N-dealkylation sites (tertiary alicyclic amines) is 1. The van der Waals surface area contributed by atoms with Crippen molar-refractivity contribution in [1.29, 1.82) is 0 Å². The van der Waals surface area contributed by atoms with Crippen LogP contribution < -0.4 is 5.32 Å². The van der Waals surface area contributed by atoms with E-state index in [0.717, 1.165) is 57.1 Å². The number of hydrogen-bond acceptors (Lipinski definition) is 2. The lowest BCUT2D eigenvalue weighted by Crippen LogP contribution is -2.32. The molecule has 0 bridgehead atoms. The van der Waals surface area contributed by atoms with Gasteiger partial charge in [0.25, 0.3) is 5.91 Å². The van der Waals surface area contributed by atoms with Crippen molar-refractivity contribution < 1.29 is 22.8 Å². The Labute approximate surface area is 150 Å². The third-order valence-electron chi connectivity index (χ3n) is 5.14. The van der Waals surface area contributed by atoms with Gasteiger partial charge in [-0.1, -0.05) is 19.3 Å². The number of benzene rings is 1. The maximum atomic E-state index is 13.3. The van der Waals surface area contributed by atoms with Gasteiger partial charge in [0.1, 0.15) is 0 Å². The van der Waals surface area contributed by atoms with E-state index in [4.69, 9.17) is 0 Å². The van der Waals surface area contributed by atoms with Crippen LogP contribution in [0.5, 0.6) is 0 Å². The SMILES string of the molecule is O=C(Nc1cc(C(=O)N2CCCCCC2)cc(C(F)(F)F)c1)C1CCC1. The van der Waals surface area contributed by atoms with E-state index in [1.165, 1.54) is 6.07 Å². The Morgan fingerprint density at radius 2 is 1.62 bits per heavy atom. The van der Waals surface area contributed by atoms with E-state index in [1.54, 1.807) is 4.90 Å². The fourth-order valence-corrected chi connectivity index (χ4v) is 3.36. The Kier molecular flexibility index (Phi) is 5.53. The first kappa shape index (κ1) is 18.7. The summed E-state index contributed by atoms with van der Waals surface area (Å²) >= 11 is 0. The molecule has 0 radical (unpaired) electrons. The van der Waals surface area contributed by atoms with Crippen molar-refractivity contribution in [3.63, 3.8) is 0 Å². The van der Waals surface area contributed by atoms with Crippen LogP contribution in [0.25, 0.3) is 0 Å². The molecule has 26 heavy (non-hydrogen) atoms. The first-order valence-electron chi connectivity index (χ1n) is 9.17. The highest BCUT2D eigenvalue weighted by Gasteiger charge is 2.33. The summed E-state index contributed by atoms with van der Waals surface area (Å²) in [6, 6.07) is 3.14. The minimum absolute atomic E-state index is 0.0226. The van der Waals surface area contributed by atoms with Gasteiger partial charge in [-0.2, -0.15) is 13.2 Å². The Bertz CT molecular complexity index is 676. The van der Waals surface area contributed by atoms with Crippen LogP contribution >= 0.6 is 0 Å². The van der Waals surface area contributed by atoms with Gasteiger partial charge in [0.15, 0.2) is 0 Å². The molecule has 1 aromatic carbocycles. The molecule has 1 aliphatic carbocycles. The first-order chi connectivity index (χ1) is 12.3. The van der Waals surface area contributed by atoms with Gasteiger partial charge in [0.2, 0.25) is 5.91 Å². The van der Waals surface area contributed by atoms with Gasteiger partial charge in [0.05, 0.1) is 5.56 Å². The number of amides is 2. The van der Waals surface area contributed by atoms with Crippen LogP contribution in [-0.2, 0) is 11.0 Å². The molecule has 1 saturated carbocycles. The summed E-state index contributed by atoms with van der Waals surface area (Å²) in [5, 5.41) is 2.56. The second kappa shape index (κ2) is 7.68. The molecule has 0 atom stereocenters. The van der Waals surface area contributed by atoms with Crippen LogP contribution in [0.1, 0.15) is 60.9 Å². The lowest BCUT2D eigenvalue weighted by atomic mass is 9.85. The summed E-state index contributed by atoms with van der Waals surface area (Å²) < 4.78 is 39.8. The lowest BCUT2D eigenvalue weighted by Gasteiger charge is -2.25. The highest BCUT2D eigenvalue weighted by atomic mass is 19.4. The molecule has 142 valence electrons. The summed E-state index contributed by atoms with van der Waals surface area (Å²) in [5.74, 6) is -0.824. The second-order valence-corrected chi connectivity index (χ2v) is 7.12. The molecule has 0 unspecified atom stereocenters. The summed E-state index contributed by atoms with van der Waals surface area (Å²) in [7, 11) is 0. The molecule has 3 rings (SSSR count). The van der Waals surface area contributed by atoms with Gasteiger partial charge in [0, 0.05) is 30.3 Å². The number of carbonyl (C=O) groups excluding carboxylic acids is 2. The number of nitrogens with one attached hydrogen (secondary N) is 1. The summed E-state index contributed by atoms with van der Waals surface area (Å²) in [6.07, 6.45) is 1.65. The highest BCUT2D eigenvalue weighted by molar-refractivity contribution is 5.98. The Morgan fingerprint density at radius 1 is 0.962 bits per heavy atom. The third-order valence-corrected chi connectivity index (χ3v) is 5.14. The fourth-order valence-electron chi connectivity index (χ4n) is 3.36. The van der Waals surface area contributed by atoms with Gasteiger partial charge < -0.3 is 10.2 Å². The topological polar surface area (TPSA) is 49.4 Å². The van der Waals surface area contributed by atoms with Crippen molar-refractivity contribution in [1.82, 2.24) is 4.90 Å². The van der Waals surface area contributed by atoms with E-state index in [0.29, 0.717) is 13.1 Å². The monoisotopic (exact) mass is 368 g/mol. The number of anilines is 1. The molecule has 1 heterocycles. The van der Waals surface area contributed by atoms with E-state index in [9.17, 15) is 22.8 Å². The maximum absolute atomic E-state index is 13.3. The van der Waals surface area contributed by atoms with E-state index in [2.05, 4.69) is 5.32 Å². The van der Waals surface area contributed by atoms with E-state index >= 15 is 0 Å². The molecule has 4 nitrogen and oxygen atoms in total. The zero-order chi connectivity index (χ0) is 18.7. The first-order valence-corrected chi connectivity index (χ1v) is 9.17. The summed E-state index contributed by atoms with van der Waals surface area (Å²) in [5.41, 5.74) is -0.900. The van der Waals surface area contributed by atoms with Crippen LogP contribution in [0.3, 0.4) is 0 Å². The molecule has 2 fully saturated rings. The Morgan fingerprint density at radius 3 is 2.15 bits per heavy atom. The molecule has 2 amide bonds. The largest absolute Gasteiger partial charge is 0.416 e. The number of carbonyl (C=O) groups is 2. The van der Waals surface area contributed by atoms with Crippen molar-refractivity contribution in [3.8, 4) is 0 Å². The zero-order valence-electron chi connectivity index (χ0n) is 14.6. The van der Waals surface area contributed by atoms with Crippen molar-refractivity contribution >= 4 is 17.5 Å². The summed E-state index contributed by atoms with van der Waals surface area (Å²) in [6.45, 7) is 1.11. The van der Waals surface area contributed by atoms with E-state index < -0.39 is 17.6 Å².